The van der Waals surface area contributed by atoms with Crippen LogP contribution in [0.15, 0.2) is 67.4 Å². The highest BCUT2D eigenvalue weighted by atomic mass is 35.5. The number of aromatic amines is 1. The predicted octanol–water partition coefficient (Wildman–Crippen LogP) is 5.73. The van der Waals surface area contributed by atoms with Gasteiger partial charge in [-0.05, 0) is 73.2 Å². The van der Waals surface area contributed by atoms with E-state index in [1.807, 2.05) is 54.3 Å². The standard InChI is InChI=1S/C32H30ClN5O3/c1-3-25(39)36-24-18-20(8-7-19(24)2)26-27-23(33)9-13-34-29(27)37-28(26)21-5-4-6-22(17-21)30(40)38-15-11-32(12-16-38)10-14-35-31(32)41/h3-9,13,17-18H,1,10-12,14-16H2,2H3,(H,34,37)(H,35,41)(H,36,39). The zero-order valence-corrected chi connectivity index (χ0v) is 23.5. The van der Waals surface area contributed by atoms with Crippen LogP contribution in [0.25, 0.3) is 33.4 Å². The summed E-state index contributed by atoms with van der Waals surface area (Å²) >= 11 is 6.70. The second-order valence-corrected chi connectivity index (χ2v) is 11.2. The van der Waals surface area contributed by atoms with Gasteiger partial charge in [0.25, 0.3) is 5.91 Å². The van der Waals surface area contributed by atoms with Crippen molar-refractivity contribution in [2.75, 3.05) is 25.0 Å². The van der Waals surface area contributed by atoms with Gasteiger partial charge in [0.15, 0.2) is 0 Å². The molecule has 3 amide bonds. The molecule has 0 bridgehead atoms. The van der Waals surface area contributed by atoms with E-state index in [9.17, 15) is 14.4 Å². The molecule has 4 aromatic rings. The van der Waals surface area contributed by atoms with E-state index in [0.29, 0.717) is 54.4 Å². The van der Waals surface area contributed by atoms with Crippen LogP contribution in [-0.4, -0.2) is 52.2 Å². The third-order valence-electron chi connectivity index (χ3n) is 8.39. The molecule has 0 atom stereocenters. The largest absolute Gasteiger partial charge is 0.356 e. The van der Waals surface area contributed by atoms with Crippen LogP contribution in [0, 0.1) is 12.3 Å². The Balaban J connectivity index is 1.38. The molecule has 4 heterocycles. The van der Waals surface area contributed by atoms with Crippen molar-refractivity contribution in [2.45, 2.75) is 26.2 Å². The minimum absolute atomic E-state index is 0.0568. The number of hydrogen-bond donors (Lipinski definition) is 3. The predicted molar refractivity (Wildman–Crippen MR) is 161 cm³/mol. The Bertz CT molecular complexity index is 1720. The van der Waals surface area contributed by atoms with Crippen LogP contribution >= 0.6 is 11.6 Å². The van der Waals surface area contributed by atoms with Crippen molar-refractivity contribution < 1.29 is 14.4 Å². The summed E-state index contributed by atoms with van der Waals surface area (Å²) in [4.78, 5) is 47.9. The molecule has 9 heteroatoms. The highest BCUT2D eigenvalue weighted by molar-refractivity contribution is 6.37. The highest BCUT2D eigenvalue weighted by Crippen LogP contribution is 2.42. The average molecular weight is 568 g/mol. The molecule has 208 valence electrons. The van der Waals surface area contributed by atoms with Crippen molar-refractivity contribution >= 4 is 46.0 Å². The average Bonchev–Trinajstić information content (AvgIpc) is 3.55. The molecule has 3 N–H and O–H groups in total. The van der Waals surface area contributed by atoms with Crippen molar-refractivity contribution in [3.05, 3.63) is 83.5 Å². The number of likely N-dealkylation sites (tertiary alicyclic amines) is 1. The van der Waals surface area contributed by atoms with Crippen LogP contribution < -0.4 is 10.6 Å². The molecule has 0 unspecified atom stereocenters. The first-order chi connectivity index (χ1) is 19.8. The zero-order chi connectivity index (χ0) is 28.7. The molecule has 2 aliphatic rings. The second kappa shape index (κ2) is 10.5. The van der Waals surface area contributed by atoms with Gasteiger partial charge in [-0.3, -0.25) is 14.4 Å². The van der Waals surface area contributed by atoms with E-state index in [0.717, 1.165) is 39.8 Å². The van der Waals surface area contributed by atoms with Crippen molar-refractivity contribution in [3.63, 3.8) is 0 Å². The number of rotatable bonds is 5. The number of nitrogens with zero attached hydrogens (tertiary/aromatic N) is 2. The first kappa shape index (κ1) is 26.8. The molecule has 0 saturated carbocycles. The van der Waals surface area contributed by atoms with Gasteiger partial charge in [0.2, 0.25) is 11.8 Å². The minimum Gasteiger partial charge on any atom is -0.356 e. The van der Waals surface area contributed by atoms with Crippen LogP contribution in [0.3, 0.4) is 0 Å². The van der Waals surface area contributed by atoms with Gasteiger partial charge in [0, 0.05) is 48.0 Å². The molecule has 0 radical (unpaired) electrons. The van der Waals surface area contributed by atoms with Crippen LogP contribution in [0.1, 0.15) is 35.2 Å². The fraction of sp³-hybridized carbons (Fsp3) is 0.250. The van der Waals surface area contributed by atoms with Gasteiger partial charge in [-0.2, -0.15) is 0 Å². The van der Waals surface area contributed by atoms with E-state index in [1.54, 1.807) is 12.3 Å². The van der Waals surface area contributed by atoms with Gasteiger partial charge >= 0.3 is 0 Å². The number of amides is 3. The summed E-state index contributed by atoms with van der Waals surface area (Å²) in [6.45, 7) is 7.29. The molecule has 6 rings (SSSR count). The molecule has 8 nitrogen and oxygen atoms in total. The molecule has 41 heavy (non-hydrogen) atoms. The summed E-state index contributed by atoms with van der Waals surface area (Å²) in [7, 11) is 0. The first-order valence-corrected chi connectivity index (χ1v) is 14.1. The van der Waals surface area contributed by atoms with E-state index in [2.05, 4.69) is 27.2 Å². The van der Waals surface area contributed by atoms with Crippen LogP contribution in [0.5, 0.6) is 0 Å². The number of halogens is 1. The summed E-state index contributed by atoms with van der Waals surface area (Å²) in [5.74, 6) is -0.236. The van der Waals surface area contributed by atoms with Gasteiger partial charge in [0.1, 0.15) is 5.65 Å². The molecular formula is C32H30ClN5O3. The van der Waals surface area contributed by atoms with Crippen molar-refractivity contribution in [3.8, 4) is 22.4 Å². The van der Waals surface area contributed by atoms with Gasteiger partial charge in [0.05, 0.1) is 16.1 Å². The molecule has 2 aromatic heterocycles. The van der Waals surface area contributed by atoms with E-state index >= 15 is 0 Å². The van der Waals surface area contributed by atoms with E-state index in [1.165, 1.54) is 6.08 Å². The lowest BCUT2D eigenvalue weighted by atomic mass is 9.77. The maximum atomic E-state index is 13.6. The summed E-state index contributed by atoms with van der Waals surface area (Å²) in [6, 6.07) is 15.1. The Morgan fingerprint density at radius 1 is 1.10 bits per heavy atom. The third-order valence-corrected chi connectivity index (χ3v) is 8.70. The SMILES string of the molecule is C=CC(=O)Nc1cc(-c2c(-c3cccc(C(=O)N4CCC5(CCNC5=O)CC4)c3)[nH]c3nccc(Cl)c23)ccc1C. The normalized spacial score (nSPS) is 16.1. The van der Waals surface area contributed by atoms with Crippen molar-refractivity contribution in [1.29, 1.82) is 0 Å². The number of H-pyrrole nitrogens is 1. The monoisotopic (exact) mass is 567 g/mol. The smallest absolute Gasteiger partial charge is 0.253 e. The Labute approximate surface area is 242 Å². The molecule has 2 aromatic carbocycles. The van der Waals surface area contributed by atoms with E-state index in [-0.39, 0.29) is 23.1 Å². The number of aryl methyl sites for hydroxylation is 1. The molecule has 2 fully saturated rings. The number of carbonyl (C=O) groups excluding carboxylic acids is 3. The quantitative estimate of drug-likeness (QED) is 0.268. The lowest BCUT2D eigenvalue weighted by Crippen LogP contribution is -2.46. The molecule has 0 aliphatic carbocycles. The Kier molecular flexibility index (Phi) is 6.87. The Morgan fingerprint density at radius 2 is 1.90 bits per heavy atom. The number of piperidine rings is 1. The lowest BCUT2D eigenvalue weighted by Gasteiger charge is -2.37. The van der Waals surface area contributed by atoms with E-state index in [4.69, 9.17) is 11.6 Å². The molecular weight excluding hydrogens is 538 g/mol. The van der Waals surface area contributed by atoms with Gasteiger partial charge in [-0.15, -0.1) is 0 Å². The number of carbonyl (C=O) groups is 3. The molecule has 1 spiro atoms. The number of fused-ring (bicyclic) bond motifs is 1. The number of aromatic nitrogens is 2. The topological polar surface area (TPSA) is 107 Å². The Hall–Kier alpha value is -4.43. The van der Waals surface area contributed by atoms with Gasteiger partial charge in [-0.1, -0.05) is 42.4 Å². The second-order valence-electron chi connectivity index (χ2n) is 10.8. The highest BCUT2D eigenvalue weighted by Gasteiger charge is 2.45. The lowest BCUT2D eigenvalue weighted by molar-refractivity contribution is -0.129. The minimum atomic E-state index is -0.331. The zero-order valence-electron chi connectivity index (χ0n) is 22.7. The maximum Gasteiger partial charge on any atom is 0.253 e. The van der Waals surface area contributed by atoms with Gasteiger partial charge < -0.3 is 20.5 Å². The number of anilines is 1. The number of hydrogen-bond acceptors (Lipinski definition) is 4. The number of pyridine rings is 1. The summed E-state index contributed by atoms with van der Waals surface area (Å²) in [6.07, 6.45) is 5.07. The number of benzene rings is 2. The summed E-state index contributed by atoms with van der Waals surface area (Å²) < 4.78 is 0. The fourth-order valence-corrected chi connectivity index (χ4v) is 6.24. The van der Waals surface area contributed by atoms with E-state index < -0.39 is 0 Å². The van der Waals surface area contributed by atoms with Crippen LogP contribution in [0.2, 0.25) is 5.02 Å². The van der Waals surface area contributed by atoms with Crippen molar-refractivity contribution in [2.24, 2.45) is 5.41 Å². The number of nitrogens with one attached hydrogen (secondary N) is 3. The molecule has 2 aliphatic heterocycles. The van der Waals surface area contributed by atoms with Crippen LogP contribution in [0.4, 0.5) is 5.69 Å². The third kappa shape index (κ3) is 4.78. The van der Waals surface area contributed by atoms with Crippen molar-refractivity contribution in [1.82, 2.24) is 20.2 Å². The van der Waals surface area contributed by atoms with Crippen LogP contribution in [-0.2, 0) is 9.59 Å². The molecule has 2 saturated heterocycles. The summed E-state index contributed by atoms with van der Waals surface area (Å²) in [5.41, 5.74) is 5.65. The fourth-order valence-electron chi connectivity index (χ4n) is 6.00. The maximum absolute atomic E-state index is 13.6. The summed E-state index contributed by atoms with van der Waals surface area (Å²) in [5, 5.41) is 7.11. The Morgan fingerprint density at radius 3 is 2.63 bits per heavy atom. The van der Waals surface area contributed by atoms with Gasteiger partial charge in [-0.25, -0.2) is 4.98 Å². The first-order valence-electron chi connectivity index (χ1n) is 13.7.